The Labute approximate surface area is 147 Å². The van der Waals surface area contributed by atoms with Crippen molar-refractivity contribution in [2.45, 2.75) is 32.3 Å². The number of aliphatic hydroxyl groups is 1. The summed E-state index contributed by atoms with van der Waals surface area (Å²) >= 11 is 0. The Hall–Kier alpha value is -2.65. The molecule has 1 aliphatic heterocycles. The van der Waals surface area contributed by atoms with Gasteiger partial charge in [-0.25, -0.2) is 4.68 Å². The van der Waals surface area contributed by atoms with Crippen LogP contribution in [0.15, 0.2) is 36.5 Å². The van der Waals surface area contributed by atoms with Crippen LogP contribution in [0.1, 0.15) is 42.7 Å². The Morgan fingerprint density at radius 3 is 2.60 bits per heavy atom. The summed E-state index contributed by atoms with van der Waals surface area (Å²) in [5.41, 5.74) is 0.826. The van der Waals surface area contributed by atoms with E-state index in [0.717, 1.165) is 12.8 Å². The first kappa shape index (κ1) is 17.2. The van der Waals surface area contributed by atoms with Crippen molar-refractivity contribution in [1.82, 2.24) is 14.7 Å². The van der Waals surface area contributed by atoms with Crippen LogP contribution in [0.25, 0.3) is 5.69 Å². The number of carbonyl (C=O) groups is 1. The summed E-state index contributed by atoms with van der Waals surface area (Å²) in [4.78, 5) is 14.5. The highest BCUT2D eigenvalue weighted by atomic mass is 16.3. The molecule has 25 heavy (non-hydrogen) atoms. The molecule has 0 saturated carbocycles. The number of piperidine rings is 1. The first-order chi connectivity index (χ1) is 11.9. The Kier molecular flexibility index (Phi) is 4.60. The van der Waals surface area contributed by atoms with Crippen LogP contribution in [0.4, 0.5) is 0 Å². The number of hydrogen-bond donors (Lipinski definition) is 1. The number of likely N-dealkylation sites (tertiary alicyclic amines) is 1. The lowest BCUT2D eigenvalue weighted by Crippen LogP contribution is -2.44. The van der Waals surface area contributed by atoms with Crippen molar-refractivity contribution in [3.63, 3.8) is 0 Å². The van der Waals surface area contributed by atoms with Crippen molar-refractivity contribution < 1.29 is 9.90 Å². The number of amides is 1. The summed E-state index contributed by atoms with van der Waals surface area (Å²) in [6, 6.07) is 11.0. The van der Waals surface area contributed by atoms with Gasteiger partial charge in [-0.1, -0.05) is 12.1 Å². The van der Waals surface area contributed by atoms with Crippen LogP contribution < -0.4 is 0 Å². The fraction of sp³-hybridized carbons (Fsp3) is 0.421. The van der Waals surface area contributed by atoms with Crippen molar-refractivity contribution in [2.24, 2.45) is 5.92 Å². The van der Waals surface area contributed by atoms with Crippen LogP contribution in [0, 0.1) is 17.2 Å². The molecule has 0 aliphatic carbocycles. The van der Waals surface area contributed by atoms with Gasteiger partial charge in [0, 0.05) is 19.3 Å². The summed E-state index contributed by atoms with van der Waals surface area (Å²) < 4.78 is 1.56. The van der Waals surface area contributed by atoms with Gasteiger partial charge in [-0.2, -0.15) is 10.4 Å². The fourth-order valence-electron chi connectivity index (χ4n) is 3.29. The van der Waals surface area contributed by atoms with Gasteiger partial charge in [0.15, 0.2) is 5.69 Å². The minimum atomic E-state index is -0.711. The molecule has 1 amide bonds. The maximum Gasteiger partial charge on any atom is 0.274 e. The number of rotatable bonds is 3. The molecule has 1 aliphatic rings. The number of nitriles is 1. The van der Waals surface area contributed by atoms with Crippen LogP contribution in [-0.4, -0.2) is 44.4 Å². The molecule has 0 atom stereocenters. The second kappa shape index (κ2) is 6.69. The molecular formula is C19H22N4O2. The number of benzene rings is 1. The molecule has 3 rings (SSSR count). The van der Waals surface area contributed by atoms with Gasteiger partial charge in [0.2, 0.25) is 0 Å². The van der Waals surface area contributed by atoms with E-state index in [4.69, 9.17) is 0 Å². The first-order valence-electron chi connectivity index (χ1n) is 8.47. The monoisotopic (exact) mass is 338 g/mol. The zero-order valence-electron chi connectivity index (χ0n) is 14.5. The highest BCUT2D eigenvalue weighted by Crippen LogP contribution is 2.28. The van der Waals surface area contributed by atoms with Crippen molar-refractivity contribution in [3.8, 4) is 11.8 Å². The van der Waals surface area contributed by atoms with E-state index in [2.05, 4.69) is 11.2 Å². The third-order valence-electron chi connectivity index (χ3n) is 4.86. The number of nitrogens with zero attached hydrogens (tertiary/aromatic N) is 4. The van der Waals surface area contributed by atoms with E-state index in [0.29, 0.717) is 30.0 Å². The summed E-state index contributed by atoms with van der Waals surface area (Å²) in [6.07, 6.45) is 3.27. The van der Waals surface area contributed by atoms with Crippen molar-refractivity contribution >= 4 is 5.91 Å². The Morgan fingerprint density at radius 2 is 1.96 bits per heavy atom. The van der Waals surface area contributed by atoms with Crippen LogP contribution >= 0.6 is 0 Å². The molecule has 6 nitrogen and oxygen atoms in total. The lowest BCUT2D eigenvalue weighted by Gasteiger charge is -2.37. The van der Waals surface area contributed by atoms with E-state index in [1.54, 1.807) is 40.0 Å². The SMILES string of the molecule is CC(C)(O)C1CCN(C(=O)c2ccn(-c3ccccc3C#N)n2)CC1. The van der Waals surface area contributed by atoms with Gasteiger partial charge in [-0.15, -0.1) is 0 Å². The summed E-state index contributed by atoms with van der Waals surface area (Å²) in [7, 11) is 0. The number of carbonyl (C=O) groups excluding carboxylic acids is 1. The smallest absolute Gasteiger partial charge is 0.274 e. The zero-order chi connectivity index (χ0) is 18.0. The van der Waals surface area contributed by atoms with Gasteiger partial charge in [0.05, 0.1) is 16.9 Å². The minimum absolute atomic E-state index is 0.109. The molecule has 1 fully saturated rings. The molecular weight excluding hydrogens is 316 g/mol. The van der Waals surface area contributed by atoms with Gasteiger partial charge in [0.1, 0.15) is 6.07 Å². The quantitative estimate of drug-likeness (QED) is 0.931. The van der Waals surface area contributed by atoms with E-state index in [1.807, 2.05) is 19.9 Å². The van der Waals surface area contributed by atoms with Gasteiger partial charge in [0.25, 0.3) is 5.91 Å². The lowest BCUT2D eigenvalue weighted by atomic mass is 9.83. The number of hydrogen-bond acceptors (Lipinski definition) is 4. The molecule has 1 aromatic heterocycles. The second-order valence-corrected chi connectivity index (χ2v) is 6.99. The maximum atomic E-state index is 12.7. The molecule has 1 saturated heterocycles. The predicted molar refractivity (Wildman–Crippen MR) is 93.2 cm³/mol. The van der Waals surface area contributed by atoms with E-state index in [9.17, 15) is 15.2 Å². The third-order valence-corrected chi connectivity index (χ3v) is 4.86. The van der Waals surface area contributed by atoms with Crippen LogP contribution in [-0.2, 0) is 0 Å². The molecule has 0 radical (unpaired) electrons. The Bertz CT molecular complexity index is 805. The molecule has 0 bridgehead atoms. The molecule has 1 N–H and O–H groups in total. The average Bonchev–Trinajstić information content (AvgIpc) is 3.10. The van der Waals surface area contributed by atoms with E-state index in [1.165, 1.54) is 0 Å². The van der Waals surface area contributed by atoms with Gasteiger partial charge >= 0.3 is 0 Å². The normalized spacial score (nSPS) is 15.8. The van der Waals surface area contributed by atoms with Crippen molar-refractivity contribution in [2.75, 3.05) is 13.1 Å². The van der Waals surface area contributed by atoms with Gasteiger partial charge in [-0.05, 0) is 50.8 Å². The molecule has 0 spiro atoms. The fourth-order valence-corrected chi connectivity index (χ4v) is 3.29. The van der Waals surface area contributed by atoms with Crippen molar-refractivity contribution in [1.29, 1.82) is 5.26 Å². The number of aromatic nitrogens is 2. The Balaban J connectivity index is 1.73. The summed E-state index contributed by atoms with van der Waals surface area (Å²) in [5, 5.41) is 23.7. The highest BCUT2D eigenvalue weighted by Gasteiger charge is 2.32. The lowest BCUT2D eigenvalue weighted by molar-refractivity contribution is -0.0109. The molecule has 130 valence electrons. The summed E-state index contributed by atoms with van der Waals surface area (Å²) in [6.45, 7) is 4.89. The van der Waals surface area contributed by atoms with E-state index >= 15 is 0 Å². The molecule has 6 heteroatoms. The number of para-hydroxylation sites is 1. The molecule has 2 heterocycles. The second-order valence-electron chi connectivity index (χ2n) is 6.99. The minimum Gasteiger partial charge on any atom is -0.390 e. The molecule has 1 aromatic carbocycles. The van der Waals surface area contributed by atoms with Crippen LogP contribution in [0.5, 0.6) is 0 Å². The summed E-state index contributed by atoms with van der Waals surface area (Å²) in [5.74, 6) is 0.0963. The Morgan fingerprint density at radius 1 is 1.28 bits per heavy atom. The average molecular weight is 338 g/mol. The van der Waals surface area contributed by atoms with Gasteiger partial charge < -0.3 is 10.0 Å². The largest absolute Gasteiger partial charge is 0.390 e. The van der Waals surface area contributed by atoms with Gasteiger partial charge in [-0.3, -0.25) is 4.79 Å². The topological polar surface area (TPSA) is 82.1 Å². The van der Waals surface area contributed by atoms with E-state index < -0.39 is 5.60 Å². The molecule has 2 aromatic rings. The first-order valence-corrected chi connectivity index (χ1v) is 8.47. The van der Waals surface area contributed by atoms with Crippen LogP contribution in [0.2, 0.25) is 0 Å². The predicted octanol–water partition coefficient (Wildman–Crippen LogP) is 2.37. The molecule has 0 unspecified atom stereocenters. The highest BCUT2D eigenvalue weighted by molar-refractivity contribution is 5.92. The third kappa shape index (κ3) is 3.57. The van der Waals surface area contributed by atoms with E-state index in [-0.39, 0.29) is 11.8 Å². The van der Waals surface area contributed by atoms with Crippen LogP contribution in [0.3, 0.4) is 0 Å². The zero-order valence-corrected chi connectivity index (χ0v) is 14.5. The van der Waals surface area contributed by atoms with Crippen molar-refractivity contribution in [3.05, 3.63) is 47.8 Å². The standard InChI is InChI=1S/C19H22N4O2/c1-19(2,25)15-7-10-22(11-8-15)18(24)16-9-12-23(21-16)17-6-4-3-5-14(17)13-20/h3-6,9,12,15,25H,7-8,10-11H2,1-2H3. The maximum absolute atomic E-state index is 12.7.